The van der Waals surface area contributed by atoms with Crippen LogP contribution < -0.4 is 0 Å². The number of hydroxylamine groups is 2. The number of aryl methyl sites for hydroxylation is 1. The van der Waals surface area contributed by atoms with Crippen LogP contribution >= 0.6 is 0 Å². The van der Waals surface area contributed by atoms with Crippen LogP contribution in [0.25, 0.3) is 11.3 Å². The van der Waals surface area contributed by atoms with E-state index >= 15 is 0 Å². The van der Waals surface area contributed by atoms with E-state index in [1.165, 1.54) is 19.1 Å². The van der Waals surface area contributed by atoms with Gasteiger partial charge in [-0.25, -0.2) is 5.06 Å². The number of halogens is 3. The van der Waals surface area contributed by atoms with Crippen molar-refractivity contribution in [2.45, 2.75) is 38.4 Å². The molecule has 1 aromatic carbocycles. The third kappa shape index (κ3) is 3.39. The third-order valence-corrected chi connectivity index (χ3v) is 4.39. The highest BCUT2D eigenvalue weighted by molar-refractivity contribution is 5.73. The smallest absolute Gasteiger partial charge is 0.274 e. The number of aromatic nitrogens is 2. The van der Waals surface area contributed by atoms with Gasteiger partial charge < -0.3 is 0 Å². The van der Waals surface area contributed by atoms with Crippen molar-refractivity contribution in [1.29, 1.82) is 0 Å². The van der Waals surface area contributed by atoms with Crippen LogP contribution in [0.5, 0.6) is 0 Å². The molecule has 0 saturated carbocycles. The van der Waals surface area contributed by atoms with Gasteiger partial charge in [0.1, 0.15) is 5.69 Å². The van der Waals surface area contributed by atoms with Crippen molar-refractivity contribution in [3.05, 3.63) is 41.1 Å². The van der Waals surface area contributed by atoms with Crippen LogP contribution in [0.4, 0.5) is 13.2 Å². The first-order valence-electron chi connectivity index (χ1n) is 7.91. The van der Waals surface area contributed by atoms with Crippen molar-refractivity contribution in [2.24, 2.45) is 0 Å². The number of carbonyl (C=O) groups is 1. The first-order chi connectivity index (χ1) is 11.8. The van der Waals surface area contributed by atoms with Crippen LogP contribution in [-0.2, 0) is 22.2 Å². The second kappa shape index (κ2) is 6.51. The molecule has 2 aromatic rings. The third-order valence-electron chi connectivity index (χ3n) is 4.39. The molecule has 0 saturated heterocycles. The molecule has 1 aromatic heterocycles. The molecule has 5 nitrogen and oxygen atoms in total. The fraction of sp³-hybridized carbons (Fsp3) is 0.412. The Hall–Kier alpha value is -2.35. The Bertz CT molecular complexity index is 786. The molecule has 0 radical (unpaired) electrons. The molecule has 1 amide bonds. The second-order valence-electron chi connectivity index (χ2n) is 6.01. The molecule has 1 unspecified atom stereocenters. The van der Waals surface area contributed by atoms with E-state index in [0.29, 0.717) is 5.56 Å². The lowest BCUT2D eigenvalue weighted by molar-refractivity contribution is -0.188. The van der Waals surface area contributed by atoms with Gasteiger partial charge in [0.05, 0.1) is 18.8 Å². The molecule has 0 fully saturated rings. The highest BCUT2D eigenvalue weighted by atomic mass is 19.4. The van der Waals surface area contributed by atoms with Crippen LogP contribution in [0.1, 0.15) is 42.6 Å². The summed E-state index contributed by atoms with van der Waals surface area (Å²) < 4.78 is 38.2. The summed E-state index contributed by atoms with van der Waals surface area (Å²) in [5.41, 5.74) is 1.93. The van der Waals surface area contributed by atoms with Crippen LogP contribution in [0.15, 0.2) is 24.3 Å². The molecule has 0 bridgehead atoms. The molecule has 1 N–H and O–H groups in total. The lowest BCUT2D eigenvalue weighted by atomic mass is 9.86. The molecule has 134 valence electrons. The number of nitrogens with zero attached hydrogens (tertiary/aromatic N) is 2. The lowest BCUT2D eigenvalue weighted by Gasteiger charge is -2.33. The Morgan fingerprint density at radius 2 is 2.12 bits per heavy atom. The fourth-order valence-corrected chi connectivity index (χ4v) is 3.28. The number of amides is 1. The number of hydrogen-bond acceptors (Lipinski definition) is 3. The van der Waals surface area contributed by atoms with Gasteiger partial charge in [0.25, 0.3) is 0 Å². The minimum absolute atomic E-state index is 0.188. The van der Waals surface area contributed by atoms with E-state index in [1.54, 1.807) is 6.07 Å². The lowest BCUT2D eigenvalue weighted by Crippen LogP contribution is -2.34. The Morgan fingerprint density at radius 1 is 1.36 bits per heavy atom. The Balaban J connectivity index is 1.94. The zero-order chi connectivity index (χ0) is 18.2. The molecule has 0 aliphatic heterocycles. The first-order valence-corrected chi connectivity index (χ1v) is 7.91. The Morgan fingerprint density at radius 3 is 2.72 bits per heavy atom. The summed E-state index contributed by atoms with van der Waals surface area (Å²) in [6, 6.07) is 6.21. The van der Waals surface area contributed by atoms with E-state index in [4.69, 9.17) is 4.84 Å². The zero-order valence-corrected chi connectivity index (χ0v) is 13.9. The SMILES string of the molecule is CON(C(C)=O)C1CCCc2cc(-c3cc(C(F)(F)F)[nH]n3)ccc21. The van der Waals surface area contributed by atoms with Crippen LogP contribution in [0.2, 0.25) is 0 Å². The molecule has 1 aliphatic rings. The van der Waals surface area contributed by atoms with E-state index in [2.05, 4.69) is 5.10 Å². The van der Waals surface area contributed by atoms with Crippen molar-refractivity contribution in [3.63, 3.8) is 0 Å². The van der Waals surface area contributed by atoms with Crippen molar-refractivity contribution in [3.8, 4) is 11.3 Å². The Kier molecular flexibility index (Phi) is 4.55. The van der Waals surface area contributed by atoms with Gasteiger partial charge in [-0.1, -0.05) is 12.1 Å². The average molecular weight is 353 g/mol. The maximum absolute atomic E-state index is 12.7. The van der Waals surface area contributed by atoms with Gasteiger partial charge in [0, 0.05) is 12.5 Å². The van der Waals surface area contributed by atoms with Crippen LogP contribution in [0, 0.1) is 0 Å². The number of fused-ring (bicyclic) bond motifs is 1. The number of alkyl halides is 3. The van der Waals surface area contributed by atoms with Gasteiger partial charge in [0.2, 0.25) is 5.91 Å². The first kappa shape index (κ1) is 17.5. The molecular formula is C17H18F3N3O2. The van der Waals surface area contributed by atoms with E-state index in [-0.39, 0.29) is 17.6 Å². The van der Waals surface area contributed by atoms with E-state index in [9.17, 15) is 18.0 Å². The fourth-order valence-electron chi connectivity index (χ4n) is 3.28. The summed E-state index contributed by atoms with van der Waals surface area (Å²) in [6.45, 7) is 1.44. The predicted octanol–water partition coefficient (Wildman–Crippen LogP) is 3.88. The zero-order valence-electron chi connectivity index (χ0n) is 13.9. The highest BCUT2D eigenvalue weighted by Crippen LogP contribution is 2.37. The summed E-state index contributed by atoms with van der Waals surface area (Å²) in [5.74, 6) is -0.188. The Labute approximate surface area is 142 Å². The number of nitrogens with one attached hydrogen (secondary N) is 1. The second-order valence-corrected chi connectivity index (χ2v) is 6.01. The molecule has 1 aliphatic carbocycles. The van der Waals surface area contributed by atoms with Gasteiger partial charge in [-0.15, -0.1) is 0 Å². The number of hydrogen-bond donors (Lipinski definition) is 1. The topological polar surface area (TPSA) is 58.2 Å². The molecule has 1 heterocycles. The minimum atomic E-state index is -4.45. The summed E-state index contributed by atoms with van der Waals surface area (Å²) in [7, 11) is 1.45. The number of H-pyrrole nitrogens is 1. The standard InChI is InChI=1S/C17H18F3N3O2/c1-10(24)23(25-2)15-5-3-4-11-8-12(6-7-13(11)15)14-9-16(22-21-14)17(18,19)20/h6-9,15H,3-5H2,1-2H3,(H,21,22). The minimum Gasteiger partial charge on any atom is -0.274 e. The largest absolute Gasteiger partial charge is 0.432 e. The van der Waals surface area contributed by atoms with Crippen molar-refractivity contribution in [1.82, 2.24) is 15.3 Å². The highest BCUT2D eigenvalue weighted by Gasteiger charge is 2.33. The maximum atomic E-state index is 12.7. The van der Waals surface area contributed by atoms with Crippen molar-refractivity contribution < 1.29 is 22.8 Å². The number of benzene rings is 1. The summed E-state index contributed by atoms with van der Waals surface area (Å²) in [4.78, 5) is 17.0. The number of aromatic amines is 1. The average Bonchev–Trinajstić information content (AvgIpc) is 3.05. The molecule has 1 atom stereocenters. The van der Waals surface area contributed by atoms with Gasteiger partial charge in [-0.2, -0.15) is 18.3 Å². The molecule has 3 rings (SSSR count). The van der Waals surface area contributed by atoms with Gasteiger partial charge in [0.15, 0.2) is 0 Å². The molecule has 25 heavy (non-hydrogen) atoms. The predicted molar refractivity (Wildman–Crippen MR) is 84.2 cm³/mol. The van der Waals surface area contributed by atoms with Crippen molar-refractivity contribution in [2.75, 3.05) is 7.11 Å². The number of carbonyl (C=O) groups excluding carboxylic acids is 1. The molecular weight excluding hydrogens is 335 g/mol. The summed E-state index contributed by atoms with van der Waals surface area (Å²) in [6.07, 6.45) is -2.01. The van der Waals surface area contributed by atoms with E-state index in [0.717, 1.165) is 36.5 Å². The van der Waals surface area contributed by atoms with E-state index in [1.807, 2.05) is 17.2 Å². The van der Waals surface area contributed by atoms with Gasteiger partial charge in [-0.05, 0) is 42.5 Å². The van der Waals surface area contributed by atoms with Crippen molar-refractivity contribution >= 4 is 5.91 Å². The number of rotatable bonds is 3. The van der Waals surface area contributed by atoms with E-state index < -0.39 is 11.9 Å². The normalized spacial score (nSPS) is 17.2. The van der Waals surface area contributed by atoms with Gasteiger partial charge >= 0.3 is 6.18 Å². The summed E-state index contributed by atoms with van der Waals surface area (Å²) in [5, 5.41) is 7.13. The molecule has 0 spiro atoms. The molecule has 8 heteroatoms. The maximum Gasteiger partial charge on any atom is 0.432 e. The summed E-state index contributed by atoms with van der Waals surface area (Å²) >= 11 is 0. The quantitative estimate of drug-likeness (QED) is 0.852. The monoisotopic (exact) mass is 353 g/mol. The van der Waals surface area contributed by atoms with Crippen LogP contribution in [-0.4, -0.2) is 28.3 Å². The van der Waals surface area contributed by atoms with Gasteiger partial charge in [-0.3, -0.25) is 14.7 Å². The van der Waals surface area contributed by atoms with Crippen LogP contribution in [0.3, 0.4) is 0 Å².